The molecule has 0 heterocycles. The lowest BCUT2D eigenvalue weighted by Gasteiger charge is -2.43. The summed E-state index contributed by atoms with van der Waals surface area (Å²) in [7, 11) is 1.76. The van der Waals surface area contributed by atoms with Gasteiger partial charge in [0.25, 0.3) is 0 Å². The fourth-order valence-corrected chi connectivity index (χ4v) is 1.71. The van der Waals surface area contributed by atoms with Crippen LogP contribution in [0.4, 0.5) is 0 Å². The lowest BCUT2D eigenvalue weighted by atomic mass is 9.63. The summed E-state index contributed by atoms with van der Waals surface area (Å²) in [6.07, 6.45) is 7.44. The molecule has 13 heavy (non-hydrogen) atoms. The van der Waals surface area contributed by atoms with Gasteiger partial charge in [-0.1, -0.05) is 39.8 Å². The maximum Gasteiger partial charge on any atom is 0.102 e. The van der Waals surface area contributed by atoms with Crippen LogP contribution in [-0.2, 0) is 4.74 Å². The van der Waals surface area contributed by atoms with Crippen LogP contribution in [0.15, 0.2) is 24.0 Å². The van der Waals surface area contributed by atoms with Crippen molar-refractivity contribution in [1.29, 1.82) is 0 Å². The Morgan fingerprint density at radius 1 is 1.38 bits per heavy atom. The largest absolute Gasteiger partial charge is 0.500 e. The number of allylic oxidation sites excluding steroid dienone is 4. The van der Waals surface area contributed by atoms with Crippen LogP contribution >= 0.6 is 0 Å². The molecule has 0 amide bonds. The van der Waals surface area contributed by atoms with Crippen molar-refractivity contribution in [3.05, 3.63) is 24.0 Å². The van der Waals surface area contributed by atoms with Crippen LogP contribution < -0.4 is 0 Å². The maximum atomic E-state index is 5.44. The molecule has 1 rings (SSSR count). The van der Waals surface area contributed by atoms with E-state index >= 15 is 0 Å². The lowest BCUT2D eigenvalue weighted by molar-refractivity contribution is 0.0739. The normalized spacial score (nSPS) is 28.5. The summed E-state index contributed by atoms with van der Waals surface area (Å²) >= 11 is 0. The molecule has 0 radical (unpaired) electrons. The van der Waals surface area contributed by atoms with E-state index in [4.69, 9.17) is 4.74 Å². The first-order valence-corrected chi connectivity index (χ1v) is 4.83. The zero-order valence-corrected chi connectivity index (χ0v) is 9.35. The Kier molecular flexibility index (Phi) is 2.56. The van der Waals surface area contributed by atoms with Crippen molar-refractivity contribution in [2.45, 2.75) is 34.1 Å². The van der Waals surface area contributed by atoms with E-state index in [1.165, 1.54) is 0 Å². The molecule has 0 aromatic carbocycles. The van der Waals surface area contributed by atoms with Crippen molar-refractivity contribution in [3.63, 3.8) is 0 Å². The fourth-order valence-electron chi connectivity index (χ4n) is 1.71. The van der Waals surface area contributed by atoms with Crippen LogP contribution in [0.25, 0.3) is 0 Å². The minimum absolute atomic E-state index is 0.135. The standard InChI is InChI=1S/C12H20O/c1-11(2,3)12(4)9-7-6-8-10(12)13-5/h6-8H,9H2,1-5H3. The molecule has 1 nitrogen and oxygen atoms in total. The third-order valence-corrected chi connectivity index (χ3v) is 3.33. The van der Waals surface area contributed by atoms with E-state index in [1.807, 2.05) is 0 Å². The number of hydrogen-bond acceptors (Lipinski definition) is 1. The highest BCUT2D eigenvalue weighted by Crippen LogP contribution is 2.48. The molecule has 1 aliphatic rings. The first-order valence-electron chi connectivity index (χ1n) is 4.83. The second-order valence-electron chi connectivity index (χ2n) is 4.95. The van der Waals surface area contributed by atoms with Gasteiger partial charge in [-0.05, 0) is 17.9 Å². The van der Waals surface area contributed by atoms with E-state index in [-0.39, 0.29) is 10.8 Å². The molecule has 1 atom stereocenters. The molecule has 0 bridgehead atoms. The van der Waals surface area contributed by atoms with Crippen LogP contribution in [-0.4, -0.2) is 7.11 Å². The first-order chi connectivity index (χ1) is 5.92. The molecule has 1 unspecified atom stereocenters. The average molecular weight is 180 g/mol. The highest BCUT2D eigenvalue weighted by Gasteiger charge is 2.41. The molecule has 0 aromatic rings. The van der Waals surface area contributed by atoms with Gasteiger partial charge in [0.1, 0.15) is 5.76 Å². The molecule has 0 aliphatic heterocycles. The predicted octanol–water partition coefficient (Wildman–Crippen LogP) is 3.53. The van der Waals surface area contributed by atoms with E-state index in [0.717, 1.165) is 12.2 Å². The Bertz CT molecular complexity index is 242. The SMILES string of the molecule is COC1=CC=CCC1(C)C(C)(C)C. The maximum absolute atomic E-state index is 5.44. The third kappa shape index (κ3) is 1.65. The monoisotopic (exact) mass is 180 g/mol. The molecule has 0 saturated heterocycles. The van der Waals surface area contributed by atoms with E-state index in [0.29, 0.717) is 0 Å². The number of methoxy groups -OCH3 is 1. The van der Waals surface area contributed by atoms with Crippen molar-refractivity contribution < 1.29 is 4.74 Å². The number of rotatable bonds is 1. The molecular weight excluding hydrogens is 160 g/mol. The minimum atomic E-state index is 0.135. The number of hydrogen-bond donors (Lipinski definition) is 0. The molecular formula is C12H20O. The zero-order chi connectivity index (χ0) is 10.1. The third-order valence-electron chi connectivity index (χ3n) is 3.33. The second-order valence-corrected chi connectivity index (χ2v) is 4.95. The summed E-state index contributed by atoms with van der Waals surface area (Å²) in [5.74, 6) is 1.10. The van der Waals surface area contributed by atoms with Crippen molar-refractivity contribution >= 4 is 0 Å². The fraction of sp³-hybridized carbons (Fsp3) is 0.667. The second kappa shape index (κ2) is 3.21. The molecule has 0 fully saturated rings. The van der Waals surface area contributed by atoms with Gasteiger partial charge in [-0.2, -0.15) is 0 Å². The summed E-state index contributed by atoms with van der Waals surface area (Å²) in [6.45, 7) is 9.06. The van der Waals surface area contributed by atoms with Crippen molar-refractivity contribution in [2.24, 2.45) is 10.8 Å². The Hall–Kier alpha value is -0.720. The van der Waals surface area contributed by atoms with Gasteiger partial charge in [-0.15, -0.1) is 0 Å². The van der Waals surface area contributed by atoms with Crippen molar-refractivity contribution in [1.82, 2.24) is 0 Å². The van der Waals surface area contributed by atoms with Crippen LogP contribution in [0, 0.1) is 10.8 Å². The van der Waals surface area contributed by atoms with Gasteiger partial charge in [0, 0.05) is 5.41 Å². The summed E-state index contributed by atoms with van der Waals surface area (Å²) in [4.78, 5) is 0. The quantitative estimate of drug-likeness (QED) is 0.600. The smallest absolute Gasteiger partial charge is 0.102 e. The van der Waals surface area contributed by atoms with Crippen LogP contribution in [0.3, 0.4) is 0 Å². The highest BCUT2D eigenvalue weighted by atomic mass is 16.5. The molecule has 74 valence electrons. The lowest BCUT2D eigenvalue weighted by Crippen LogP contribution is -2.35. The first kappa shape index (κ1) is 10.4. The van der Waals surface area contributed by atoms with Gasteiger partial charge in [0.05, 0.1) is 7.11 Å². The van der Waals surface area contributed by atoms with Crippen molar-refractivity contribution in [3.8, 4) is 0 Å². The molecule has 1 heteroatoms. The molecule has 0 N–H and O–H groups in total. The van der Waals surface area contributed by atoms with Gasteiger partial charge in [-0.25, -0.2) is 0 Å². The zero-order valence-electron chi connectivity index (χ0n) is 9.35. The Morgan fingerprint density at radius 3 is 2.38 bits per heavy atom. The topological polar surface area (TPSA) is 9.23 Å². The molecule has 0 spiro atoms. The van der Waals surface area contributed by atoms with Gasteiger partial charge in [0.2, 0.25) is 0 Å². The summed E-state index contributed by atoms with van der Waals surface area (Å²) in [5, 5.41) is 0. The van der Waals surface area contributed by atoms with E-state index in [9.17, 15) is 0 Å². The minimum Gasteiger partial charge on any atom is -0.500 e. The average Bonchev–Trinajstić information content (AvgIpc) is 2.03. The van der Waals surface area contributed by atoms with E-state index < -0.39 is 0 Å². The summed E-state index contributed by atoms with van der Waals surface area (Å²) in [6, 6.07) is 0. The van der Waals surface area contributed by atoms with Gasteiger partial charge in [0.15, 0.2) is 0 Å². The summed E-state index contributed by atoms with van der Waals surface area (Å²) < 4.78 is 5.44. The van der Waals surface area contributed by atoms with E-state index in [1.54, 1.807) is 7.11 Å². The molecule has 0 saturated carbocycles. The van der Waals surface area contributed by atoms with Crippen LogP contribution in [0.2, 0.25) is 0 Å². The number of ether oxygens (including phenoxy) is 1. The van der Waals surface area contributed by atoms with E-state index in [2.05, 4.69) is 45.9 Å². The molecule has 1 aliphatic carbocycles. The van der Waals surface area contributed by atoms with Crippen LogP contribution in [0.5, 0.6) is 0 Å². The van der Waals surface area contributed by atoms with Gasteiger partial charge < -0.3 is 4.74 Å². The Balaban J connectivity index is 3.03. The molecule has 0 aromatic heterocycles. The Morgan fingerprint density at radius 2 is 2.00 bits per heavy atom. The Labute approximate surface area is 81.5 Å². The highest BCUT2D eigenvalue weighted by molar-refractivity contribution is 5.23. The van der Waals surface area contributed by atoms with Gasteiger partial charge in [-0.3, -0.25) is 0 Å². The van der Waals surface area contributed by atoms with Crippen molar-refractivity contribution in [2.75, 3.05) is 7.11 Å². The summed E-state index contributed by atoms with van der Waals surface area (Å²) in [5.41, 5.74) is 0.371. The van der Waals surface area contributed by atoms with Gasteiger partial charge >= 0.3 is 0 Å². The van der Waals surface area contributed by atoms with Crippen LogP contribution in [0.1, 0.15) is 34.1 Å². The predicted molar refractivity (Wildman–Crippen MR) is 56.4 cm³/mol.